The third-order valence-corrected chi connectivity index (χ3v) is 9.68. The number of likely N-dealkylation sites (N-methyl/N-ethyl adjacent to an activating group) is 1. The lowest BCUT2D eigenvalue weighted by atomic mass is 9.87. The number of carbonyl (C=O) groups excluding carboxylic acids is 1. The second-order valence-electron chi connectivity index (χ2n) is 10.8. The van der Waals surface area contributed by atoms with E-state index in [-0.39, 0.29) is 24.4 Å². The average Bonchev–Trinajstić information content (AvgIpc) is 3.43. The second kappa shape index (κ2) is 8.30. The van der Waals surface area contributed by atoms with E-state index in [2.05, 4.69) is 15.3 Å². The van der Waals surface area contributed by atoms with E-state index in [1.165, 1.54) is 8.61 Å². The Morgan fingerprint density at radius 3 is 2.74 bits per heavy atom. The number of pyridine rings is 2. The van der Waals surface area contributed by atoms with E-state index >= 15 is 0 Å². The number of nitrogens with zero attached hydrogens (tertiary/aromatic N) is 5. The number of amides is 1. The van der Waals surface area contributed by atoms with E-state index in [4.69, 9.17) is 9.47 Å². The fraction of sp³-hybridized carbons (Fsp3) is 0.370. The van der Waals surface area contributed by atoms with Crippen molar-refractivity contribution >= 4 is 39.0 Å². The number of hydrogen-bond acceptors (Lipinski definition) is 8. The van der Waals surface area contributed by atoms with E-state index in [9.17, 15) is 13.2 Å². The zero-order valence-electron chi connectivity index (χ0n) is 21.8. The van der Waals surface area contributed by atoms with Crippen LogP contribution in [0.3, 0.4) is 0 Å². The molecule has 1 N–H and O–H groups in total. The van der Waals surface area contributed by atoms with Crippen LogP contribution in [0.4, 0.5) is 22.9 Å². The number of nitrogens with one attached hydrogen (secondary N) is 1. The fourth-order valence-corrected chi connectivity index (χ4v) is 7.36. The molecule has 0 spiro atoms. The topological polar surface area (TPSA) is 117 Å². The molecule has 6 heterocycles. The normalized spacial score (nSPS) is 22.3. The first kappa shape index (κ1) is 24.2. The van der Waals surface area contributed by atoms with Crippen LogP contribution in [0.2, 0.25) is 0 Å². The predicted molar refractivity (Wildman–Crippen MR) is 146 cm³/mol. The monoisotopic (exact) mass is 548 g/mol. The second-order valence-corrected chi connectivity index (χ2v) is 12.7. The first-order chi connectivity index (χ1) is 18.6. The number of aromatic nitrogens is 2. The maximum Gasteiger partial charge on any atom is 0.304 e. The summed E-state index contributed by atoms with van der Waals surface area (Å²) in [7, 11) is -2.07. The maximum absolute atomic E-state index is 12.9. The molecular formula is C27H28N6O5S. The SMILES string of the molecule is CN1C[C@H]2COc3ncc(Nc4cc5c(cn4)-c4ccc(N6CCCC6=O)cc4OC5(C)C)cc3N2S1(=O)=O. The molecule has 0 saturated carbocycles. The average molecular weight is 549 g/mol. The molecule has 0 unspecified atom stereocenters. The molecule has 0 aliphatic carbocycles. The van der Waals surface area contributed by atoms with Crippen LogP contribution in [0, 0.1) is 0 Å². The summed E-state index contributed by atoms with van der Waals surface area (Å²) >= 11 is 0. The minimum atomic E-state index is -3.63. The van der Waals surface area contributed by atoms with Crippen molar-refractivity contribution in [3.05, 3.63) is 48.3 Å². The summed E-state index contributed by atoms with van der Waals surface area (Å²) in [5.41, 5.74) is 4.01. The van der Waals surface area contributed by atoms with Crippen molar-refractivity contribution in [2.24, 2.45) is 0 Å². The Balaban J connectivity index is 1.21. The minimum Gasteiger partial charge on any atom is -0.482 e. The molecule has 0 bridgehead atoms. The van der Waals surface area contributed by atoms with Crippen molar-refractivity contribution in [1.29, 1.82) is 0 Å². The van der Waals surface area contributed by atoms with Crippen molar-refractivity contribution in [3.8, 4) is 22.8 Å². The van der Waals surface area contributed by atoms with Crippen LogP contribution in [-0.2, 0) is 20.6 Å². The van der Waals surface area contributed by atoms with Crippen LogP contribution >= 0.6 is 0 Å². The fourth-order valence-electron chi connectivity index (χ4n) is 5.82. The smallest absolute Gasteiger partial charge is 0.304 e. The zero-order chi connectivity index (χ0) is 27.1. The predicted octanol–water partition coefficient (Wildman–Crippen LogP) is 3.40. The van der Waals surface area contributed by atoms with Crippen LogP contribution in [-0.4, -0.2) is 61.4 Å². The summed E-state index contributed by atoms with van der Waals surface area (Å²) in [4.78, 5) is 23.1. The van der Waals surface area contributed by atoms with Crippen molar-refractivity contribution in [2.75, 3.05) is 41.3 Å². The summed E-state index contributed by atoms with van der Waals surface area (Å²) in [5, 5.41) is 3.27. The van der Waals surface area contributed by atoms with Gasteiger partial charge in [-0.1, -0.05) is 0 Å². The number of benzene rings is 1. The number of rotatable bonds is 3. The first-order valence-electron chi connectivity index (χ1n) is 12.9. The Hall–Kier alpha value is -3.90. The largest absolute Gasteiger partial charge is 0.482 e. The van der Waals surface area contributed by atoms with Crippen molar-refractivity contribution in [3.63, 3.8) is 0 Å². The lowest BCUT2D eigenvalue weighted by Crippen LogP contribution is -2.42. The Kier molecular flexibility index (Phi) is 5.14. The highest BCUT2D eigenvalue weighted by Gasteiger charge is 2.46. The van der Waals surface area contributed by atoms with Crippen LogP contribution in [0.1, 0.15) is 32.3 Å². The molecule has 1 aromatic carbocycles. The molecule has 2 saturated heterocycles. The van der Waals surface area contributed by atoms with Crippen molar-refractivity contribution < 1.29 is 22.7 Å². The molecular weight excluding hydrogens is 520 g/mol. The molecule has 2 fully saturated rings. The molecule has 39 heavy (non-hydrogen) atoms. The van der Waals surface area contributed by atoms with Gasteiger partial charge in [-0.3, -0.25) is 4.79 Å². The molecule has 2 aromatic heterocycles. The molecule has 4 aliphatic rings. The number of hydrogen-bond donors (Lipinski definition) is 1. The van der Waals surface area contributed by atoms with Gasteiger partial charge in [-0.05, 0) is 44.5 Å². The number of fused-ring (bicyclic) bond motifs is 6. The quantitative estimate of drug-likeness (QED) is 0.529. The zero-order valence-corrected chi connectivity index (χ0v) is 22.7. The molecule has 12 heteroatoms. The summed E-state index contributed by atoms with van der Waals surface area (Å²) in [6.07, 6.45) is 4.85. The first-order valence-corrected chi connectivity index (χ1v) is 14.3. The highest BCUT2D eigenvalue weighted by atomic mass is 32.2. The maximum atomic E-state index is 12.9. The van der Waals surface area contributed by atoms with Crippen molar-refractivity contribution in [1.82, 2.24) is 14.3 Å². The third-order valence-electron chi connectivity index (χ3n) is 7.75. The number of anilines is 4. The molecule has 0 radical (unpaired) electrons. The van der Waals surface area contributed by atoms with E-state index in [0.717, 1.165) is 41.1 Å². The highest BCUT2D eigenvalue weighted by Crippen LogP contribution is 2.47. The van der Waals surface area contributed by atoms with E-state index in [1.807, 2.05) is 49.2 Å². The molecule has 202 valence electrons. The van der Waals surface area contributed by atoms with E-state index < -0.39 is 15.8 Å². The Morgan fingerprint density at radius 2 is 1.95 bits per heavy atom. The van der Waals surface area contributed by atoms with Gasteiger partial charge in [-0.25, -0.2) is 14.3 Å². The Bertz CT molecular complexity index is 1640. The van der Waals surface area contributed by atoms with Crippen LogP contribution < -0.4 is 24.0 Å². The van der Waals surface area contributed by atoms with Gasteiger partial charge >= 0.3 is 10.2 Å². The molecule has 3 aromatic rings. The van der Waals surface area contributed by atoms with Crippen molar-refractivity contribution in [2.45, 2.75) is 38.3 Å². The Morgan fingerprint density at radius 1 is 1.10 bits per heavy atom. The van der Waals surface area contributed by atoms with Crippen LogP contribution in [0.15, 0.2) is 42.7 Å². The van der Waals surface area contributed by atoms with Crippen LogP contribution in [0.25, 0.3) is 11.1 Å². The summed E-state index contributed by atoms with van der Waals surface area (Å²) in [5.74, 6) is 1.72. The lowest BCUT2D eigenvalue weighted by molar-refractivity contribution is -0.117. The number of carbonyl (C=O) groups is 1. The molecule has 1 atom stereocenters. The van der Waals surface area contributed by atoms with Gasteiger partial charge in [0, 0.05) is 61.2 Å². The van der Waals surface area contributed by atoms with Gasteiger partial charge in [0.1, 0.15) is 29.5 Å². The van der Waals surface area contributed by atoms with Gasteiger partial charge in [0.05, 0.1) is 17.9 Å². The molecule has 1 amide bonds. The van der Waals surface area contributed by atoms with E-state index in [0.29, 0.717) is 30.2 Å². The molecule has 4 aliphatic heterocycles. The minimum absolute atomic E-state index is 0.135. The van der Waals surface area contributed by atoms with Gasteiger partial charge in [0.25, 0.3) is 0 Å². The molecule has 7 rings (SSSR count). The molecule has 11 nitrogen and oxygen atoms in total. The van der Waals surface area contributed by atoms with E-state index in [1.54, 1.807) is 19.3 Å². The van der Waals surface area contributed by atoms with Gasteiger partial charge in [0.2, 0.25) is 11.8 Å². The Labute approximate surface area is 226 Å². The highest BCUT2D eigenvalue weighted by molar-refractivity contribution is 7.90. The summed E-state index contributed by atoms with van der Waals surface area (Å²) < 4.78 is 40.7. The standard InChI is InChI=1S/C27H28N6O5S/c1-27(2)21-11-24(28-13-20(21)19-7-6-17(10-23(19)38-27)32-8-4-5-25(32)34)30-16-9-22-26(29-12-16)37-15-18-14-31(3)39(35,36)33(18)22/h6-7,9-13,18H,4-5,8,14-15H2,1-3H3,(H,28,30)/t18-/m0/s1. The third kappa shape index (κ3) is 3.73. The van der Waals surface area contributed by atoms with Gasteiger partial charge in [-0.2, -0.15) is 12.7 Å². The number of ether oxygens (including phenoxy) is 2. The van der Waals surface area contributed by atoms with Gasteiger partial charge in [-0.15, -0.1) is 0 Å². The summed E-state index contributed by atoms with van der Waals surface area (Å²) in [6.45, 7) is 5.34. The lowest BCUT2D eigenvalue weighted by Gasteiger charge is -2.35. The van der Waals surface area contributed by atoms with Gasteiger partial charge < -0.3 is 19.7 Å². The van der Waals surface area contributed by atoms with Gasteiger partial charge in [0.15, 0.2) is 0 Å². The van der Waals surface area contributed by atoms with Crippen LogP contribution in [0.5, 0.6) is 11.6 Å². The summed E-state index contributed by atoms with van der Waals surface area (Å²) in [6, 6.07) is 9.25.